The number of benzene rings is 1. The lowest BCUT2D eigenvalue weighted by Crippen LogP contribution is -2.42. The maximum atomic E-state index is 13.2. The Kier molecular flexibility index (Phi) is 6.43. The van der Waals surface area contributed by atoms with Gasteiger partial charge in [-0.25, -0.2) is 4.98 Å². The molecule has 1 aliphatic heterocycles. The van der Waals surface area contributed by atoms with E-state index >= 15 is 0 Å². The van der Waals surface area contributed by atoms with Crippen molar-refractivity contribution in [3.8, 4) is 5.75 Å². The normalized spacial score (nSPS) is 16.0. The van der Waals surface area contributed by atoms with Crippen LogP contribution in [0.3, 0.4) is 0 Å². The van der Waals surface area contributed by atoms with Crippen LogP contribution in [-0.2, 0) is 4.79 Å². The van der Waals surface area contributed by atoms with Crippen LogP contribution in [0.4, 0.5) is 10.8 Å². The van der Waals surface area contributed by atoms with E-state index in [1.165, 1.54) is 11.3 Å². The second-order valence-corrected chi connectivity index (χ2v) is 9.36. The average molecular weight is 459 g/mol. The third kappa shape index (κ3) is 4.38. The summed E-state index contributed by atoms with van der Waals surface area (Å²) in [6, 6.07) is 8.64. The fourth-order valence-corrected chi connectivity index (χ4v) is 6.08. The molecule has 1 N–H and O–H groups in total. The molecule has 1 aromatic carbocycles. The van der Waals surface area contributed by atoms with E-state index in [0.29, 0.717) is 23.5 Å². The van der Waals surface area contributed by atoms with Crippen LogP contribution in [0.1, 0.15) is 36.4 Å². The molecular weight excluding hydrogens is 432 g/mol. The SMILES string of the molecule is CCN(CC)c1nc2sc(C(=O)N3CCCC3C(=O)Nc3ccc(OC)cc3)cc2s1. The highest BCUT2D eigenvalue weighted by molar-refractivity contribution is 7.29. The Balaban J connectivity index is 1.47. The van der Waals surface area contributed by atoms with Crippen LogP contribution >= 0.6 is 22.7 Å². The molecule has 4 rings (SSSR count). The van der Waals surface area contributed by atoms with Crippen LogP contribution < -0.4 is 15.0 Å². The van der Waals surface area contributed by atoms with Gasteiger partial charge in [0.1, 0.15) is 16.6 Å². The van der Waals surface area contributed by atoms with Gasteiger partial charge in [0.05, 0.1) is 16.7 Å². The third-order valence-corrected chi connectivity index (χ3v) is 7.71. The second kappa shape index (κ2) is 9.23. The van der Waals surface area contributed by atoms with Gasteiger partial charge in [0, 0.05) is 25.3 Å². The number of rotatable bonds is 7. The Hall–Kier alpha value is -2.65. The number of ether oxygens (including phenoxy) is 1. The Morgan fingerprint density at radius 1 is 1.23 bits per heavy atom. The zero-order valence-electron chi connectivity index (χ0n) is 17.9. The van der Waals surface area contributed by atoms with Crippen molar-refractivity contribution in [1.29, 1.82) is 0 Å². The number of methoxy groups -OCH3 is 1. The number of hydrogen-bond acceptors (Lipinski definition) is 7. The molecule has 3 aromatic rings. The zero-order chi connectivity index (χ0) is 22.0. The predicted molar refractivity (Wildman–Crippen MR) is 127 cm³/mol. The highest BCUT2D eigenvalue weighted by Gasteiger charge is 2.35. The molecule has 3 heterocycles. The quantitative estimate of drug-likeness (QED) is 0.566. The van der Waals surface area contributed by atoms with Crippen molar-refractivity contribution >= 4 is 54.8 Å². The fourth-order valence-electron chi connectivity index (χ4n) is 3.78. The molecule has 0 aliphatic carbocycles. The van der Waals surface area contributed by atoms with E-state index in [0.717, 1.165) is 39.9 Å². The summed E-state index contributed by atoms with van der Waals surface area (Å²) >= 11 is 3.02. The Bertz CT molecular complexity index is 1040. The molecule has 1 atom stereocenters. The Labute approximate surface area is 189 Å². The first-order valence-corrected chi connectivity index (χ1v) is 12.1. The summed E-state index contributed by atoms with van der Waals surface area (Å²) in [4.78, 5) is 36.2. The van der Waals surface area contributed by atoms with Gasteiger partial charge in [0.25, 0.3) is 5.91 Å². The smallest absolute Gasteiger partial charge is 0.264 e. The van der Waals surface area contributed by atoms with Crippen molar-refractivity contribution in [2.75, 3.05) is 37.0 Å². The van der Waals surface area contributed by atoms with Crippen LogP contribution in [0.25, 0.3) is 9.53 Å². The number of thiophene rings is 1. The molecule has 2 amide bonds. The second-order valence-electron chi connectivity index (χ2n) is 7.32. The van der Waals surface area contributed by atoms with Crippen LogP contribution in [0.15, 0.2) is 30.3 Å². The lowest BCUT2D eigenvalue weighted by atomic mass is 10.2. The molecule has 2 aromatic heterocycles. The highest BCUT2D eigenvalue weighted by Crippen LogP contribution is 2.36. The van der Waals surface area contributed by atoms with Crippen molar-refractivity contribution in [2.24, 2.45) is 0 Å². The lowest BCUT2D eigenvalue weighted by Gasteiger charge is -2.23. The van der Waals surface area contributed by atoms with Crippen molar-refractivity contribution in [2.45, 2.75) is 32.7 Å². The molecule has 31 heavy (non-hydrogen) atoms. The van der Waals surface area contributed by atoms with E-state index < -0.39 is 6.04 Å². The summed E-state index contributed by atoms with van der Waals surface area (Å²) in [6.45, 7) is 6.61. The van der Waals surface area contributed by atoms with Crippen molar-refractivity contribution in [3.63, 3.8) is 0 Å². The van der Waals surface area contributed by atoms with Gasteiger partial charge < -0.3 is 19.9 Å². The largest absolute Gasteiger partial charge is 0.497 e. The topological polar surface area (TPSA) is 74.8 Å². The summed E-state index contributed by atoms with van der Waals surface area (Å²) in [5.41, 5.74) is 0.690. The van der Waals surface area contributed by atoms with Gasteiger partial charge in [-0.1, -0.05) is 11.3 Å². The minimum Gasteiger partial charge on any atom is -0.497 e. The number of nitrogens with one attached hydrogen (secondary N) is 1. The van der Waals surface area contributed by atoms with E-state index in [2.05, 4.69) is 24.1 Å². The molecule has 1 saturated heterocycles. The first-order valence-electron chi connectivity index (χ1n) is 10.4. The average Bonchev–Trinajstić information content (AvgIpc) is 3.50. The summed E-state index contributed by atoms with van der Waals surface area (Å²) < 4.78 is 6.17. The number of likely N-dealkylation sites (tertiary alicyclic amines) is 1. The number of thiazole rings is 1. The zero-order valence-corrected chi connectivity index (χ0v) is 19.5. The van der Waals surface area contributed by atoms with Crippen LogP contribution in [-0.4, -0.2) is 54.5 Å². The lowest BCUT2D eigenvalue weighted by molar-refractivity contribution is -0.119. The molecule has 9 heteroatoms. The molecule has 0 saturated carbocycles. The van der Waals surface area contributed by atoms with Gasteiger partial charge in [-0.2, -0.15) is 0 Å². The van der Waals surface area contributed by atoms with E-state index in [9.17, 15) is 9.59 Å². The molecule has 1 aliphatic rings. The predicted octanol–water partition coefficient (Wildman–Crippen LogP) is 4.46. The van der Waals surface area contributed by atoms with Gasteiger partial charge >= 0.3 is 0 Å². The first kappa shape index (κ1) is 21.6. The minimum absolute atomic E-state index is 0.0908. The van der Waals surface area contributed by atoms with Crippen LogP contribution in [0.2, 0.25) is 0 Å². The highest BCUT2D eigenvalue weighted by atomic mass is 32.1. The van der Waals surface area contributed by atoms with E-state index in [1.807, 2.05) is 6.07 Å². The van der Waals surface area contributed by atoms with Crippen LogP contribution in [0.5, 0.6) is 5.75 Å². The summed E-state index contributed by atoms with van der Waals surface area (Å²) in [5, 5.41) is 3.91. The molecule has 164 valence electrons. The fraction of sp³-hybridized carbons (Fsp3) is 0.409. The molecule has 0 radical (unpaired) electrons. The van der Waals surface area contributed by atoms with Gasteiger partial charge in [-0.05, 0) is 57.0 Å². The van der Waals surface area contributed by atoms with E-state index in [1.54, 1.807) is 47.6 Å². The summed E-state index contributed by atoms with van der Waals surface area (Å²) in [5.74, 6) is 0.481. The van der Waals surface area contributed by atoms with E-state index in [-0.39, 0.29) is 11.8 Å². The maximum absolute atomic E-state index is 13.2. The number of amides is 2. The van der Waals surface area contributed by atoms with Gasteiger partial charge in [0.15, 0.2) is 5.13 Å². The minimum atomic E-state index is -0.464. The van der Waals surface area contributed by atoms with Gasteiger partial charge in [-0.15, -0.1) is 11.3 Å². The molecule has 1 fully saturated rings. The Morgan fingerprint density at radius 3 is 2.61 bits per heavy atom. The maximum Gasteiger partial charge on any atom is 0.264 e. The van der Waals surface area contributed by atoms with Gasteiger partial charge in [0.2, 0.25) is 5.91 Å². The van der Waals surface area contributed by atoms with E-state index in [4.69, 9.17) is 9.72 Å². The summed E-state index contributed by atoms with van der Waals surface area (Å²) in [6.07, 6.45) is 1.48. The van der Waals surface area contributed by atoms with Crippen molar-refractivity contribution in [1.82, 2.24) is 9.88 Å². The number of aromatic nitrogens is 1. The van der Waals surface area contributed by atoms with Gasteiger partial charge in [-0.3, -0.25) is 9.59 Å². The third-order valence-electron chi connectivity index (χ3n) is 5.50. The number of anilines is 2. The number of carbonyl (C=O) groups excluding carboxylic acids is 2. The first-order chi connectivity index (χ1) is 15.0. The number of nitrogens with zero attached hydrogens (tertiary/aromatic N) is 3. The standard InChI is InChI=1S/C22H26N4O3S2/c1-4-25(5-2)22-24-20-17(31-22)13-18(30-20)21(28)26-12-6-7-16(26)19(27)23-14-8-10-15(29-3)11-9-14/h8-11,13,16H,4-7,12H2,1-3H3,(H,23,27). The van der Waals surface area contributed by atoms with Crippen molar-refractivity contribution < 1.29 is 14.3 Å². The number of hydrogen-bond donors (Lipinski definition) is 1. The summed E-state index contributed by atoms with van der Waals surface area (Å²) in [7, 11) is 1.60. The molecule has 1 unspecified atom stereocenters. The molecule has 0 bridgehead atoms. The molecule has 7 nitrogen and oxygen atoms in total. The molecular formula is C22H26N4O3S2. The monoisotopic (exact) mass is 458 g/mol. The number of carbonyl (C=O) groups is 2. The Morgan fingerprint density at radius 2 is 1.97 bits per heavy atom. The number of fused-ring (bicyclic) bond motifs is 1. The van der Waals surface area contributed by atoms with Crippen LogP contribution in [0, 0.1) is 0 Å². The molecule has 0 spiro atoms. The van der Waals surface area contributed by atoms with Crippen molar-refractivity contribution in [3.05, 3.63) is 35.2 Å².